The van der Waals surface area contributed by atoms with Crippen LogP contribution in [0.4, 0.5) is 0 Å². The molecule has 0 aromatic carbocycles. The van der Waals surface area contributed by atoms with E-state index in [1.165, 1.54) is 0 Å². The molecule has 17 amide bonds. The number of carbonyl (C=O) groups excluding carboxylic acids is 17. The van der Waals surface area contributed by atoms with Gasteiger partial charge in [-0.05, 0) is 187 Å². The Balaban J connectivity index is 6.11. The summed E-state index contributed by atoms with van der Waals surface area (Å²) in [7, 11) is 0. The fraction of sp³-hybridized carbons (Fsp3) is 0.692. The van der Waals surface area contributed by atoms with Crippen molar-refractivity contribution in [3.63, 3.8) is 0 Å². The maximum absolute atomic E-state index is 14.4. The first-order valence-electron chi connectivity index (χ1n) is 43.4. The quantitative estimate of drug-likeness (QED) is 0.0251. The van der Waals surface area contributed by atoms with Gasteiger partial charge in [-0.1, -0.05) is 6.42 Å². The van der Waals surface area contributed by atoms with E-state index in [1.54, 1.807) is 0 Å². The normalized spacial score (nSPS) is 13.6. The zero-order valence-corrected chi connectivity index (χ0v) is 74.1. The molecule has 0 fully saturated rings. The minimum Gasteiger partial charge on any atom is -0.481 e. The lowest BCUT2D eigenvalue weighted by atomic mass is 10.0. The SMILES string of the molecule is NCCCC[C@H](NC(=O)[C@H](CCCCN)NC(=O)[C@H](CCCCN)NC(=O)[C@H](CCCCN)NC(=O)[C@H](CCCCN)NC(=O)[C@@H](N)CCCCN)C(=O)NCC(=O)NCC(=O)NCC(=O)NCC(=O)NCC(=O)NCC(=O)N[C@@H](CCC(=O)O)C(=O)N[C@@H](CCC(=O)O)C(=O)N[C@@H](CCC(=O)O)C(=O)N[C@@H](CCC(=O)O)C(=O)N[C@@H](CCC(=O)O)C(=O)N[C@@H](CCC(=O)O)C(=O)O. The Morgan fingerprint density at radius 3 is 0.556 bits per heavy atom. The topological polar surface area (TPSA) is 938 Å². The van der Waals surface area contributed by atoms with Crippen molar-refractivity contribution in [1.29, 1.82) is 0 Å². The molecule has 12 atom stereocenters. The van der Waals surface area contributed by atoms with E-state index < -0.39 is 331 Å². The van der Waals surface area contributed by atoms with E-state index >= 15 is 0 Å². The van der Waals surface area contributed by atoms with Crippen molar-refractivity contribution < 1.29 is 151 Å². The number of unbranched alkanes of at least 4 members (excludes halogenated alkanes) is 6. The van der Waals surface area contributed by atoms with Gasteiger partial charge in [0.05, 0.1) is 45.3 Å². The van der Waals surface area contributed by atoms with E-state index in [2.05, 4.69) is 79.8 Å². The fourth-order valence-electron chi connectivity index (χ4n) is 12.1. The number of aliphatic carboxylic acids is 7. The fourth-order valence-corrected chi connectivity index (χ4v) is 12.1. The third-order valence-electron chi connectivity index (χ3n) is 19.5. The van der Waals surface area contributed by atoms with Crippen molar-refractivity contribution in [2.45, 2.75) is 265 Å². The van der Waals surface area contributed by atoms with E-state index in [0.717, 1.165) is 0 Å². The molecule has 133 heavy (non-hydrogen) atoms. The van der Waals surface area contributed by atoms with Gasteiger partial charge in [0.1, 0.15) is 66.5 Å². The zero-order chi connectivity index (χ0) is 101. The molecule has 0 heterocycles. The first-order valence-corrected chi connectivity index (χ1v) is 43.4. The van der Waals surface area contributed by atoms with Gasteiger partial charge in [0.2, 0.25) is 100 Å². The van der Waals surface area contributed by atoms with Crippen molar-refractivity contribution in [3.05, 3.63) is 0 Å². The summed E-state index contributed by atoms with van der Waals surface area (Å²) in [5.74, 6) is -29.0. The lowest BCUT2D eigenvalue weighted by Gasteiger charge is -2.27. The van der Waals surface area contributed by atoms with Gasteiger partial charge < -0.3 is 166 Å². The molecule has 0 aliphatic carbocycles. The smallest absolute Gasteiger partial charge is 0.326 e. The minimum absolute atomic E-state index is 0.00557. The molecule has 0 aliphatic heterocycles. The summed E-state index contributed by atoms with van der Waals surface area (Å²) in [4.78, 5) is 310. The van der Waals surface area contributed by atoms with Crippen LogP contribution in [-0.2, 0) is 115 Å². The van der Waals surface area contributed by atoms with Crippen LogP contribution in [0.5, 0.6) is 0 Å². The Labute approximate surface area is 764 Å². The van der Waals surface area contributed by atoms with Gasteiger partial charge in [-0.2, -0.15) is 0 Å². The van der Waals surface area contributed by atoms with Crippen LogP contribution in [0.1, 0.15) is 193 Å². The first-order chi connectivity index (χ1) is 62.9. The third-order valence-corrected chi connectivity index (χ3v) is 19.5. The molecule has 0 aromatic rings. The van der Waals surface area contributed by atoms with Gasteiger partial charge in [0.25, 0.3) is 0 Å². The van der Waals surface area contributed by atoms with Crippen molar-refractivity contribution in [2.75, 3.05) is 78.5 Å². The number of hydrogen-bond donors (Lipinski definition) is 31. The summed E-state index contributed by atoms with van der Waals surface area (Å²) in [6.45, 7) is -3.43. The van der Waals surface area contributed by atoms with Crippen LogP contribution in [0.2, 0.25) is 0 Å². The molecule has 0 radical (unpaired) electrons. The van der Waals surface area contributed by atoms with Gasteiger partial charge in [-0.25, -0.2) is 4.79 Å². The number of nitrogens with two attached hydrogens (primary N) is 7. The van der Waals surface area contributed by atoms with E-state index in [-0.39, 0.29) is 64.7 Å². The molecule has 0 rings (SSSR count). The highest BCUT2D eigenvalue weighted by Gasteiger charge is 2.38. The van der Waals surface area contributed by atoms with Crippen LogP contribution in [0, 0.1) is 0 Å². The molecule has 0 unspecified atom stereocenters. The first kappa shape index (κ1) is 120. The van der Waals surface area contributed by atoms with E-state index in [9.17, 15) is 146 Å². The standard InChI is InChI=1S/C78H134N24O31/c79-31-7-1-13-43(85)67(121)93-45(15-3-9-33-81)69(123)95-47(17-5-11-35-83)71(125)97-48(18-6-12-36-84)72(126)96-46(16-4-10-34-82)70(124)94-44(14-2-8-32-80)68(122)91-41-59(107)89-39-57(105)87-37-55(103)86-38-56(104)88-40-58(106)90-42-60(108)92-49(19-25-61(109)110)73(127)98-50(20-26-62(111)112)74(128)99-51(21-27-63(113)114)75(129)100-52(22-28-64(115)116)76(130)101-53(23-29-65(117)118)77(131)102-54(78(132)133)24-30-66(119)120/h43-54H,1-42,79-85H2,(H,86,103)(H,87,105)(H,88,104)(H,89,107)(H,90,106)(H,91,122)(H,92,108)(H,93,121)(H,94,124)(H,95,123)(H,96,126)(H,97,125)(H,98,127)(H,99,128)(H,100,129)(H,101,130)(H,102,131)(H,109,110)(H,111,112)(H,113,114)(H,115,116)(H,117,118)(H,119,120)(H,132,133)/t43-,44-,45-,46-,47-,48-,49-,50-,51-,52-,53-,54-/m0/s1. The Morgan fingerprint density at radius 1 is 0.180 bits per heavy atom. The molecule has 55 heteroatoms. The molecule has 0 saturated carbocycles. The molecule has 752 valence electrons. The zero-order valence-electron chi connectivity index (χ0n) is 74.1. The predicted molar refractivity (Wildman–Crippen MR) is 464 cm³/mol. The Hall–Kier alpha value is -13.0. The highest BCUT2D eigenvalue weighted by molar-refractivity contribution is 6.00. The Morgan fingerprint density at radius 2 is 0.346 bits per heavy atom. The largest absolute Gasteiger partial charge is 0.481 e. The van der Waals surface area contributed by atoms with E-state index in [1.807, 2.05) is 10.6 Å². The third kappa shape index (κ3) is 57.0. The molecule has 38 N–H and O–H groups in total. The Kier molecular flexibility index (Phi) is 63.0. The number of carboxylic acid groups (broad SMARTS) is 7. The van der Waals surface area contributed by atoms with Crippen LogP contribution in [0.15, 0.2) is 0 Å². The highest BCUT2D eigenvalue weighted by atomic mass is 16.4. The number of carbonyl (C=O) groups is 24. The van der Waals surface area contributed by atoms with Gasteiger partial charge in [-0.3, -0.25) is 110 Å². The predicted octanol–water partition coefficient (Wildman–Crippen LogP) is -11.6. The van der Waals surface area contributed by atoms with Crippen LogP contribution in [0.3, 0.4) is 0 Å². The molecule has 0 spiro atoms. The summed E-state index contributed by atoms with van der Waals surface area (Å²) in [5, 5.41) is 105. The van der Waals surface area contributed by atoms with Gasteiger partial charge in [0, 0.05) is 38.5 Å². The lowest BCUT2D eigenvalue weighted by Crippen LogP contribution is -2.59. The second kappa shape index (κ2) is 69.9. The van der Waals surface area contributed by atoms with Gasteiger partial charge in [-0.15, -0.1) is 0 Å². The van der Waals surface area contributed by atoms with Crippen molar-refractivity contribution in [3.8, 4) is 0 Å². The number of nitrogens with one attached hydrogen (secondary N) is 17. The molecule has 0 bridgehead atoms. The highest BCUT2D eigenvalue weighted by Crippen LogP contribution is 2.15. The molecule has 0 aromatic heterocycles. The number of rotatable bonds is 77. The average molecular weight is 1900 g/mol. The van der Waals surface area contributed by atoms with Gasteiger partial charge in [0.15, 0.2) is 0 Å². The molecular formula is C78H134N24O31. The molecule has 55 nitrogen and oxygen atoms in total. The van der Waals surface area contributed by atoms with Crippen LogP contribution in [-0.4, -0.2) is 329 Å². The summed E-state index contributed by atoms with van der Waals surface area (Å²) in [6.07, 6.45) is -4.56. The molecular weight excluding hydrogens is 1770 g/mol. The number of hydrogen-bond acceptors (Lipinski definition) is 31. The number of carboxylic acids is 7. The second-order valence-electron chi connectivity index (χ2n) is 30.6. The van der Waals surface area contributed by atoms with E-state index in [4.69, 9.17) is 45.2 Å². The van der Waals surface area contributed by atoms with E-state index in [0.29, 0.717) is 90.1 Å². The second-order valence-corrected chi connectivity index (χ2v) is 30.6. The van der Waals surface area contributed by atoms with Crippen LogP contribution < -0.4 is 131 Å². The lowest BCUT2D eigenvalue weighted by molar-refractivity contribution is -0.144. The maximum atomic E-state index is 14.4. The number of amides is 17. The summed E-state index contributed by atoms with van der Waals surface area (Å²) >= 11 is 0. The van der Waals surface area contributed by atoms with Crippen LogP contribution in [0.25, 0.3) is 0 Å². The van der Waals surface area contributed by atoms with Gasteiger partial charge >= 0.3 is 41.8 Å². The van der Waals surface area contributed by atoms with Crippen LogP contribution >= 0.6 is 0 Å². The van der Waals surface area contributed by atoms with Crippen molar-refractivity contribution >= 4 is 142 Å². The monoisotopic (exact) mass is 1900 g/mol. The summed E-state index contributed by atoms with van der Waals surface area (Å²) in [5.41, 5.74) is 40.5. The molecule has 0 aliphatic rings. The van der Waals surface area contributed by atoms with Crippen molar-refractivity contribution in [1.82, 2.24) is 90.4 Å². The summed E-state index contributed by atoms with van der Waals surface area (Å²) in [6, 6.07) is -19.3. The maximum Gasteiger partial charge on any atom is 0.326 e. The minimum atomic E-state index is -2.09. The molecule has 0 saturated heterocycles. The summed E-state index contributed by atoms with van der Waals surface area (Å²) < 4.78 is 0. The average Bonchev–Trinajstić information content (AvgIpc) is 0.856. The Bertz CT molecular complexity index is 3870. The van der Waals surface area contributed by atoms with Crippen molar-refractivity contribution in [2.24, 2.45) is 40.1 Å².